The van der Waals surface area contributed by atoms with Crippen molar-refractivity contribution in [1.29, 1.82) is 0 Å². The third-order valence-corrected chi connectivity index (χ3v) is 4.87. The first-order valence-corrected chi connectivity index (χ1v) is 9.74. The molecule has 1 heterocycles. The average molecular weight is 400 g/mol. The molecule has 0 atom stereocenters. The minimum absolute atomic E-state index is 0.246. The number of halogens is 1. The Balaban J connectivity index is 1.59. The Labute approximate surface area is 174 Å². The zero-order valence-electron chi connectivity index (χ0n) is 16.7. The van der Waals surface area contributed by atoms with Crippen LogP contribution in [0.1, 0.15) is 35.7 Å². The molecule has 1 amide bonds. The van der Waals surface area contributed by atoms with Crippen LogP contribution in [0, 0.1) is 5.82 Å². The summed E-state index contributed by atoms with van der Waals surface area (Å²) in [6.45, 7) is 4.25. The van der Waals surface area contributed by atoms with Crippen LogP contribution in [0.2, 0.25) is 0 Å². The molecule has 4 nitrogen and oxygen atoms in total. The Hall–Kier alpha value is -3.73. The molecule has 0 bridgehead atoms. The van der Waals surface area contributed by atoms with Crippen LogP contribution in [-0.4, -0.2) is 10.9 Å². The van der Waals surface area contributed by atoms with E-state index in [1.807, 2.05) is 30.3 Å². The van der Waals surface area contributed by atoms with Gasteiger partial charge in [0.15, 0.2) is 5.76 Å². The SMILES string of the molecule is CC(C)c1ccc(NC(=O)c2ccccc2-c2ncc(-c3ccc(F)cc3)o2)cc1. The van der Waals surface area contributed by atoms with Gasteiger partial charge in [0, 0.05) is 16.8 Å². The molecule has 4 rings (SSSR count). The summed E-state index contributed by atoms with van der Waals surface area (Å²) in [4.78, 5) is 17.2. The number of hydrogen-bond donors (Lipinski definition) is 1. The van der Waals surface area contributed by atoms with Gasteiger partial charge in [-0.1, -0.05) is 38.1 Å². The van der Waals surface area contributed by atoms with E-state index in [1.165, 1.54) is 17.7 Å². The van der Waals surface area contributed by atoms with Crippen molar-refractivity contribution in [2.75, 3.05) is 5.32 Å². The van der Waals surface area contributed by atoms with Crippen LogP contribution in [-0.2, 0) is 0 Å². The Morgan fingerprint density at radius 2 is 1.67 bits per heavy atom. The maximum atomic E-state index is 13.2. The minimum Gasteiger partial charge on any atom is -0.436 e. The summed E-state index contributed by atoms with van der Waals surface area (Å²) in [5.41, 5.74) is 3.68. The number of oxazole rings is 1. The van der Waals surface area contributed by atoms with E-state index < -0.39 is 0 Å². The smallest absolute Gasteiger partial charge is 0.256 e. The fraction of sp³-hybridized carbons (Fsp3) is 0.120. The van der Waals surface area contributed by atoms with E-state index in [0.29, 0.717) is 34.3 Å². The Morgan fingerprint density at radius 1 is 0.967 bits per heavy atom. The van der Waals surface area contributed by atoms with Crippen LogP contribution >= 0.6 is 0 Å². The topological polar surface area (TPSA) is 55.1 Å². The first kappa shape index (κ1) is 19.6. The zero-order valence-corrected chi connectivity index (χ0v) is 16.7. The minimum atomic E-state index is -0.318. The first-order chi connectivity index (χ1) is 14.5. The molecule has 0 aliphatic heterocycles. The zero-order chi connectivity index (χ0) is 21.1. The number of nitrogens with zero attached hydrogens (tertiary/aromatic N) is 1. The molecule has 0 spiro atoms. The molecule has 1 N–H and O–H groups in total. The second-order valence-corrected chi connectivity index (χ2v) is 7.31. The second kappa shape index (κ2) is 8.33. The Kier molecular flexibility index (Phi) is 5.44. The van der Waals surface area contributed by atoms with Crippen LogP contribution in [0.5, 0.6) is 0 Å². The summed E-state index contributed by atoms with van der Waals surface area (Å²) in [5, 5.41) is 2.93. The van der Waals surface area contributed by atoms with E-state index >= 15 is 0 Å². The standard InChI is InChI=1S/C25H21FN2O2/c1-16(2)17-9-13-20(14-10-17)28-24(29)21-5-3-4-6-22(21)25-27-15-23(30-25)18-7-11-19(26)12-8-18/h3-16H,1-2H3,(H,28,29). The van der Waals surface area contributed by atoms with Gasteiger partial charge in [-0.05, 0) is 60.0 Å². The molecule has 150 valence electrons. The Morgan fingerprint density at radius 3 is 2.37 bits per heavy atom. The molecule has 0 fully saturated rings. The third kappa shape index (κ3) is 4.15. The summed E-state index contributed by atoms with van der Waals surface area (Å²) in [6.07, 6.45) is 1.57. The number of nitrogens with one attached hydrogen (secondary N) is 1. The normalized spacial score (nSPS) is 10.9. The lowest BCUT2D eigenvalue weighted by atomic mass is 10.0. The summed E-state index contributed by atoms with van der Waals surface area (Å²) >= 11 is 0. The molecule has 4 aromatic rings. The molecule has 1 aromatic heterocycles. The van der Waals surface area contributed by atoms with Gasteiger partial charge < -0.3 is 9.73 Å². The number of carbonyl (C=O) groups excluding carboxylic acids is 1. The van der Waals surface area contributed by atoms with Crippen molar-refractivity contribution in [2.24, 2.45) is 0 Å². The van der Waals surface area contributed by atoms with Crippen molar-refractivity contribution >= 4 is 11.6 Å². The van der Waals surface area contributed by atoms with Crippen LogP contribution in [0.4, 0.5) is 10.1 Å². The quantitative estimate of drug-likeness (QED) is 0.415. The van der Waals surface area contributed by atoms with Gasteiger partial charge in [-0.2, -0.15) is 0 Å². The molecule has 5 heteroatoms. The monoisotopic (exact) mass is 400 g/mol. The number of amides is 1. The number of benzene rings is 3. The highest BCUT2D eigenvalue weighted by Crippen LogP contribution is 2.29. The third-order valence-electron chi connectivity index (χ3n) is 4.87. The van der Waals surface area contributed by atoms with Gasteiger partial charge in [-0.3, -0.25) is 4.79 Å². The highest BCUT2D eigenvalue weighted by atomic mass is 19.1. The van der Waals surface area contributed by atoms with Crippen molar-refractivity contribution in [1.82, 2.24) is 4.98 Å². The molecule has 0 aliphatic carbocycles. The molecular weight excluding hydrogens is 379 g/mol. The molecule has 0 radical (unpaired) electrons. The molecule has 0 unspecified atom stereocenters. The van der Waals surface area contributed by atoms with Crippen molar-refractivity contribution in [3.05, 3.63) is 95.9 Å². The summed E-state index contributed by atoms with van der Waals surface area (Å²) in [5.74, 6) is 0.696. The average Bonchev–Trinajstić information content (AvgIpc) is 3.25. The highest BCUT2D eigenvalue weighted by Gasteiger charge is 2.17. The lowest BCUT2D eigenvalue weighted by Crippen LogP contribution is -2.13. The maximum absolute atomic E-state index is 13.2. The highest BCUT2D eigenvalue weighted by molar-refractivity contribution is 6.08. The van der Waals surface area contributed by atoms with Gasteiger partial charge in [0.2, 0.25) is 5.89 Å². The molecule has 0 saturated heterocycles. The molecule has 30 heavy (non-hydrogen) atoms. The van der Waals surface area contributed by atoms with E-state index in [2.05, 4.69) is 24.1 Å². The summed E-state index contributed by atoms with van der Waals surface area (Å²) < 4.78 is 19.0. The summed E-state index contributed by atoms with van der Waals surface area (Å²) in [7, 11) is 0. The second-order valence-electron chi connectivity index (χ2n) is 7.31. The fourth-order valence-electron chi connectivity index (χ4n) is 3.16. The molecule has 3 aromatic carbocycles. The number of anilines is 1. The van der Waals surface area contributed by atoms with Gasteiger partial charge in [0.25, 0.3) is 5.91 Å². The van der Waals surface area contributed by atoms with Gasteiger partial charge in [-0.25, -0.2) is 9.37 Å². The first-order valence-electron chi connectivity index (χ1n) is 9.74. The van der Waals surface area contributed by atoms with Crippen LogP contribution in [0.15, 0.2) is 83.4 Å². The molecule has 0 saturated carbocycles. The fourth-order valence-corrected chi connectivity index (χ4v) is 3.16. The van der Waals surface area contributed by atoms with E-state index in [9.17, 15) is 9.18 Å². The lowest BCUT2D eigenvalue weighted by Gasteiger charge is -2.10. The van der Waals surface area contributed by atoms with Gasteiger partial charge in [0.1, 0.15) is 5.82 Å². The lowest BCUT2D eigenvalue weighted by molar-refractivity contribution is 0.102. The number of hydrogen-bond acceptors (Lipinski definition) is 3. The molecular formula is C25H21FN2O2. The van der Waals surface area contributed by atoms with Gasteiger partial charge in [-0.15, -0.1) is 0 Å². The van der Waals surface area contributed by atoms with E-state index in [0.717, 1.165) is 5.69 Å². The van der Waals surface area contributed by atoms with Crippen LogP contribution in [0.3, 0.4) is 0 Å². The van der Waals surface area contributed by atoms with Gasteiger partial charge >= 0.3 is 0 Å². The van der Waals surface area contributed by atoms with E-state index in [4.69, 9.17) is 4.42 Å². The van der Waals surface area contributed by atoms with Crippen molar-refractivity contribution < 1.29 is 13.6 Å². The summed E-state index contributed by atoms with van der Waals surface area (Å²) in [6, 6.07) is 20.9. The van der Waals surface area contributed by atoms with Crippen LogP contribution in [0.25, 0.3) is 22.8 Å². The largest absolute Gasteiger partial charge is 0.436 e. The van der Waals surface area contributed by atoms with Crippen LogP contribution < -0.4 is 5.32 Å². The Bertz CT molecular complexity index is 1160. The number of rotatable bonds is 5. The molecule has 0 aliphatic rings. The van der Waals surface area contributed by atoms with Crippen molar-refractivity contribution in [3.8, 4) is 22.8 Å². The number of aromatic nitrogens is 1. The van der Waals surface area contributed by atoms with E-state index in [-0.39, 0.29) is 11.7 Å². The predicted molar refractivity (Wildman–Crippen MR) is 116 cm³/mol. The van der Waals surface area contributed by atoms with Gasteiger partial charge in [0.05, 0.1) is 11.8 Å². The maximum Gasteiger partial charge on any atom is 0.256 e. The van der Waals surface area contributed by atoms with E-state index in [1.54, 1.807) is 36.5 Å². The van der Waals surface area contributed by atoms with Crippen molar-refractivity contribution in [3.63, 3.8) is 0 Å². The van der Waals surface area contributed by atoms with Crippen molar-refractivity contribution in [2.45, 2.75) is 19.8 Å². The predicted octanol–water partition coefficient (Wildman–Crippen LogP) is 6.52. The number of carbonyl (C=O) groups is 1.